The van der Waals surface area contributed by atoms with Gasteiger partial charge in [0.15, 0.2) is 0 Å². The Morgan fingerprint density at radius 1 is 1.03 bits per heavy atom. The fourth-order valence-electron chi connectivity index (χ4n) is 4.80. The molecule has 1 saturated carbocycles. The molecular formula is C24H36N4O5. The summed E-state index contributed by atoms with van der Waals surface area (Å²) in [6, 6.07) is 4.02. The monoisotopic (exact) mass is 460 g/mol. The van der Waals surface area contributed by atoms with Crippen LogP contribution in [0.5, 0.6) is 11.5 Å². The first-order valence-corrected chi connectivity index (χ1v) is 11.9. The first-order valence-electron chi connectivity index (χ1n) is 11.9. The zero-order chi connectivity index (χ0) is 23.8. The average Bonchev–Trinajstić information content (AvgIpc) is 2.81. The topological polar surface area (TPSA) is 136 Å². The molecule has 9 nitrogen and oxygen atoms in total. The van der Waals surface area contributed by atoms with E-state index < -0.39 is 11.9 Å². The molecule has 2 fully saturated rings. The maximum atomic E-state index is 13.2. The van der Waals surface area contributed by atoms with E-state index in [1.807, 2.05) is 0 Å². The molecule has 9 heteroatoms. The van der Waals surface area contributed by atoms with Crippen molar-refractivity contribution in [3.8, 4) is 11.5 Å². The first-order chi connectivity index (χ1) is 15.8. The largest absolute Gasteiger partial charge is 0.508 e. The molecule has 2 aliphatic rings. The van der Waals surface area contributed by atoms with Gasteiger partial charge >= 0.3 is 0 Å². The number of carbonyl (C=O) groups is 3. The lowest BCUT2D eigenvalue weighted by Gasteiger charge is -2.41. The van der Waals surface area contributed by atoms with Gasteiger partial charge in [0.05, 0.1) is 0 Å². The summed E-state index contributed by atoms with van der Waals surface area (Å²) in [5.74, 6) is -1.17. The average molecular weight is 461 g/mol. The maximum absolute atomic E-state index is 13.2. The number of benzene rings is 1. The minimum Gasteiger partial charge on any atom is -0.508 e. The molecule has 1 saturated heterocycles. The van der Waals surface area contributed by atoms with Crippen molar-refractivity contribution in [2.24, 2.45) is 5.73 Å². The number of hydrogen-bond acceptors (Lipinski definition) is 6. The molecule has 0 unspecified atom stereocenters. The number of rotatable bonds is 9. The number of nitrogens with zero attached hydrogens (tertiary/aromatic N) is 2. The van der Waals surface area contributed by atoms with Crippen LogP contribution in [0, 0.1) is 0 Å². The van der Waals surface area contributed by atoms with Crippen LogP contribution in [-0.2, 0) is 20.8 Å². The summed E-state index contributed by atoms with van der Waals surface area (Å²) < 4.78 is 0. The molecular weight excluding hydrogens is 424 g/mol. The van der Waals surface area contributed by atoms with Crippen molar-refractivity contribution in [2.45, 2.75) is 69.9 Å². The van der Waals surface area contributed by atoms with Crippen LogP contribution < -0.4 is 11.1 Å². The molecule has 5 N–H and O–H groups in total. The summed E-state index contributed by atoms with van der Waals surface area (Å²) in [6.07, 6.45) is 6.79. The number of phenolic OH excluding ortho intramolecular Hbond substituents is 2. The van der Waals surface area contributed by atoms with E-state index in [-0.39, 0.29) is 49.0 Å². The first kappa shape index (κ1) is 24.8. The SMILES string of the molecule is NC(=O)CC[C@H](NC(=O)CCc1ccc(O)cc1O)C(=O)N1CCN(C2CCCCC2)CC1. The van der Waals surface area contributed by atoms with Crippen LogP contribution in [0.2, 0.25) is 0 Å². The van der Waals surface area contributed by atoms with Gasteiger partial charge in [-0.15, -0.1) is 0 Å². The Morgan fingerprint density at radius 2 is 1.73 bits per heavy atom. The Balaban J connectivity index is 1.53. The molecule has 1 heterocycles. The number of aromatic hydroxyl groups is 2. The minimum absolute atomic E-state index is 0.0114. The summed E-state index contributed by atoms with van der Waals surface area (Å²) in [6.45, 7) is 2.87. The summed E-state index contributed by atoms with van der Waals surface area (Å²) in [4.78, 5) is 41.3. The van der Waals surface area contributed by atoms with Crippen molar-refractivity contribution in [2.75, 3.05) is 26.2 Å². The van der Waals surface area contributed by atoms with Crippen molar-refractivity contribution in [3.63, 3.8) is 0 Å². The predicted octanol–water partition coefficient (Wildman–Crippen LogP) is 1.26. The fourth-order valence-corrected chi connectivity index (χ4v) is 4.80. The van der Waals surface area contributed by atoms with Gasteiger partial charge in [-0.25, -0.2) is 0 Å². The van der Waals surface area contributed by atoms with Gasteiger partial charge in [0.25, 0.3) is 0 Å². The van der Waals surface area contributed by atoms with Crippen LogP contribution in [-0.4, -0.2) is 76.0 Å². The van der Waals surface area contributed by atoms with Gasteiger partial charge in [0.1, 0.15) is 17.5 Å². The van der Waals surface area contributed by atoms with Crippen LogP contribution in [0.3, 0.4) is 0 Å². The highest BCUT2D eigenvalue weighted by molar-refractivity contribution is 5.88. The molecule has 0 bridgehead atoms. The highest BCUT2D eigenvalue weighted by Crippen LogP contribution is 2.25. The standard InChI is InChI=1S/C24H36N4O5/c25-22(31)10-9-20(26-23(32)11-7-17-6-8-19(29)16-21(17)30)24(33)28-14-12-27(13-15-28)18-4-2-1-3-5-18/h6,8,16,18,20,29-30H,1-5,7,9-15H2,(H2,25,31)(H,26,32)/t20-/m0/s1. The van der Waals surface area contributed by atoms with Crippen molar-refractivity contribution in [1.29, 1.82) is 0 Å². The lowest BCUT2D eigenvalue weighted by molar-refractivity contribution is -0.138. The smallest absolute Gasteiger partial charge is 0.245 e. The molecule has 3 rings (SSSR count). The lowest BCUT2D eigenvalue weighted by Crippen LogP contribution is -2.56. The van der Waals surface area contributed by atoms with Crippen molar-refractivity contribution < 1.29 is 24.6 Å². The number of phenols is 2. The molecule has 1 aromatic carbocycles. The number of hydrogen-bond donors (Lipinski definition) is 4. The van der Waals surface area contributed by atoms with Crippen molar-refractivity contribution >= 4 is 17.7 Å². The summed E-state index contributed by atoms with van der Waals surface area (Å²) in [7, 11) is 0. The molecule has 1 aliphatic carbocycles. The third-order valence-electron chi connectivity index (χ3n) is 6.72. The van der Waals surface area contributed by atoms with Crippen LogP contribution in [0.1, 0.15) is 56.9 Å². The fraction of sp³-hybridized carbons (Fsp3) is 0.625. The number of primary amides is 1. The van der Waals surface area contributed by atoms with Gasteiger partial charge in [0, 0.05) is 51.1 Å². The molecule has 0 aromatic heterocycles. The van der Waals surface area contributed by atoms with E-state index in [9.17, 15) is 24.6 Å². The number of aryl methyl sites for hydroxylation is 1. The molecule has 182 valence electrons. The van der Waals surface area contributed by atoms with E-state index in [0.717, 1.165) is 13.1 Å². The van der Waals surface area contributed by atoms with Crippen LogP contribution in [0.15, 0.2) is 18.2 Å². The van der Waals surface area contributed by atoms with Gasteiger partial charge < -0.3 is 26.2 Å². The summed E-state index contributed by atoms with van der Waals surface area (Å²) >= 11 is 0. The van der Waals surface area contributed by atoms with Crippen molar-refractivity contribution in [3.05, 3.63) is 23.8 Å². The van der Waals surface area contributed by atoms with Crippen LogP contribution >= 0.6 is 0 Å². The summed E-state index contributed by atoms with van der Waals surface area (Å²) in [5, 5.41) is 22.1. The second-order valence-electron chi connectivity index (χ2n) is 9.09. The Morgan fingerprint density at radius 3 is 2.36 bits per heavy atom. The second kappa shape index (κ2) is 11.9. The Hall–Kier alpha value is -2.81. The molecule has 1 aromatic rings. The zero-order valence-electron chi connectivity index (χ0n) is 19.2. The van der Waals surface area contributed by atoms with Gasteiger partial charge in [0.2, 0.25) is 17.7 Å². The zero-order valence-corrected chi connectivity index (χ0v) is 19.2. The van der Waals surface area contributed by atoms with E-state index in [1.54, 1.807) is 11.0 Å². The van der Waals surface area contributed by atoms with E-state index in [2.05, 4.69) is 10.2 Å². The van der Waals surface area contributed by atoms with E-state index in [0.29, 0.717) is 24.7 Å². The highest BCUT2D eigenvalue weighted by atomic mass is 16.3. The number of piperazine rings is 1. The highest BCUT2D eigenvalue weighted by Gasteiger charge is 2.31. The molecule has 33 heavy (non-hydrogen) atoms. The maximum Gasteiger partial charge on any atom is 0.245 e. The Bertz CT molecular complexity index is 832. The number of nitrogens with two attached hydrogens (primary N) is 1. The van der Waals surface area contributed by atoms with Gasteiger partial charge in [-0.05, 0) is 37.3 Å². The third kappa shape index (κ3) is 7.35. The molecule has 3 amide bonds. The second-order valence-corrected chi connectivity index (χ2v) is 9.09. The van der Waals surface area contributed by atoms with Crippen LogP contribution in [0.4, 0.5) is 0 Å². The van der Waals surface area contributed by atoms with Crippen LogP contribution in [0.25, 0.3) is 0 Å². The quantitative estimate of drug-likeness (QED) is 0.438. The Labute approximate surface area is 194 Å². The number of amides is 3. The summed E-state index contributed by atoms with van der Waals surface area (Å²) in [5.41, 5.74) is 5.81. The van der Waals surface area contributed by atoms with E-state index in [1.165, 1.54) is 44.2 Å². The van der Waals surface area contributed by atoms with Crippen molar-refractivity contribution in [1.82, 2.24) is 15.1 Å². The van der Waals surface area contributed by atoms with E-state index >= 15 is 0 Å². The van der Waals surface area contributed by atoms with Gasteiger partial charge in [-0.1, -0.05) is 25.3 Å². The lowest BCUT2D eigenvalue weighted by atomic mass is 9.94. The minimum atomic E-state index is -0.806. The molecule has 0 radical (unpaired) electrons. The number of nitrogens with one attached hydrogen (secondary N) is 1. The van der Waals surface area contributed by atoms with Gasteiger partial charge in [-0.2, -0.15) is 0 Å². The molecule has 1 aliphatic heterocycles. The van der Waals surface area contributed by atoms with E-state index in [4.69, 9.17) is 5.73 Å². The normalized spacial score (nSPS) is 18.6. The number of carbonyl (C=O) groups excluding carboxylic acids is 3. The van der Waals surface area contributed by atoms with Gasteiger partial charge in [-0.3, -0.25) is 19.3 Å². The predicted molar refractivity (Wildman–Crippen MR) is 123 cm³/mol. The molecule has 0 spiro atoms. The molecule has 1 atom stereocenters. The Kier molecular flexibility index (Phi) is 8.94. The third-order valence-corrected chi connectivity index (χ3v) is 6.72.